The van der Waals surface area contributed by atoms with Gasteiger partial charge >= 0.3 is 6.03 Å². The number of amides is 2. The largest absolute Gasteiger partial charge is 0.338 e. The summed E-state index contributed by atoms with van der Waals surface area (Å²) in [6, 6.07) is 3.67. The molecule has 0 spiro atoms. The molecule has 0 aliphatic rings. The maximum absolute atomic E-state index is 13.6. The highest BCUT2D eigenvalue weighted by atomic mass is 32.2. The van der Waals surface area contributed by atoms with E-state index in [0.29, 0.717) is 12.2 Å². The predicted molar refractivity (Wildman–Crippen MR) is 82.6 cm³/mol. The molecule has 0 aliphatic heterocycles. The average Bonchev–Trinajstić information content (AvgIpc) is 2.96. The number of hydrogen-bond acceptors (Lipinski definition) is 3. The topological polar surface area (TPSA) is 76.0 Å². The van der Waals surface area contributed by atoms with Gasteiger partial charge < -0.3 is 15.2 Å². The van der Waals surface area contributed by atoms with Gasteiger partial charge in [-0.3, -0.25) is 4.21 Å². The first-order valence-corrected chi connectivity index (χ1v) is 8.25. The first-order valence-electron chi connectivity index (χ1n) is 6.70. The van der Waals surface area contributed by atoms with E-state index in [9.17, 15) is 13.4 Å². The van der Waals surface area contributed by atoms with E-state index in [-0.39, 0.29) is 4.90 Å². The van der Waals surface area contributed by atoms with Crippen LogP contribution in [-0.4, -0.2) is 32.6 Å². The number of benzene rings is 1. The van der Waals surface area contributed by atoms with E-state index in [1.54, 1.807) is 12.5 Å². The van der Waals surface area contributed by atoms with Crippen molar-refractivity contribution < 1.29 is 13.4 Å². The molecule has 2 N–H and O–H groups in total. The second-order valence-corrected chi connectivity index (χ2v) is 5.98. The zero-order chi connectivity index (χ0) is 15.9. The van der Waals surface area contributed by atoms with Crippen LogP contribution in [0.5, 0.6) is 0 Å². The van der Waals surface area contributed by atoms with E-state index in [1.165, 1.54) is 18.4 Å². The molecular formula is C14H17FN4O2S. The highest BCUT2D eigenvalue weighted by Gasteiger charge is 2.08. The Hall–Kier alpha value is -2.22. The lowest BCUT2D eigenvalue weighted by atomic mass is 10.3. The molecule has 8 heteroatoms. The van der Waals surface area contributed by atoms with Crippen LogP contribution in [0, 0.1) is 5.82 Å². The van der Waals surface area contributed by atoms with Crippen LogP contribution in [0.4, 0.5) is 14.9 Å². The maximum Gasteiger partial charge on any atom is 0.319 e. The zero-order valence-corrected chi connectivity index (χ0v) is 12.9. The van der Waals surface area contributed by atoms with E-state index in [0.717, 1.165) is 19.0 Å². The molecule has 2 aromatic rings. The summed E-state index contributed by atoms with van der Waals surface area (Å²) in [4.78, 5) is 15.7. The average molecular weight is 324 g/mol. The normalized spacial score (nSPS) is 11.9. The standard InChI is InChI=1S/C14H17FN4O2S/c1-22(21)13-4-3-11(9-12(13)15)18-14(20)17-5-2-7-19-8-6-16-10-19/h3-4,6,8-10H,2,5,7H2,1H3,(H2,17,18,20). The van der Waals surface area contributed by atoms with Crippen molar-refractivity contribution >= 4 is 22.5 Å². The van der Waals surface area contributed by atoms with Crippen LogP contribution in [0.2, 0.25) is 0 Å². The van der Waals surface area contributed by atoms with Gasteiger partial charge in [0.25, 0.3) is 0 Å². The van der Waals surface area contributed by atoms with Crippen LogP contribution < -0.4 is 10.6 Å². The van der Waals surface area contributed by atoms with Crippen LogP contribution in [-0.2, 0) is 17.3 Å². The van der Waals surface area contributed by atoms with E-state index in [4.69, 9.17) is 0 Å². The Bertz CT molecular complexity index is 661. The molecule has 1 aromatic heterocycles. The molecule has 1 heterocycles. The van der Waals surface area contributed by atoms with Gasteiger partial charge in [0.2, 0.25) is 0 Å². The van der Waals surface area contributed by atoms with E-state index < -0.39 is 22.6 Å². The number of aromatic nitrogens is 2. The molecule has 2 rings (SSSR count). The summed E-state index contributed by atoms with van der Waals surface area (Å²) in [6.07, 6.45) is 7.41. The number of nitrogens with zero attached hydrogens (tertiary/aromatic N) is 2. The van der Waals surface area contributed by atoms with Crippen LogP contribution in [0.15, 0.2) is 41.8 Å². The molecule has 0 fully saturated rings. The molecule has 2 amide bonds. The van der Waals surface area contributed by atoms with E-state index in [1.807, 2.05) is 10.8 Å². The number of urea groups is 1. The van der Waals surface area contributed by atoms with Crippen LogP contribution >= 0.6 is 0 Å². The summed E-state index contributed by atoms with van der Waals surface area (Å²) in [5.41, 5.74) is 0.318. The number of nitrogens with one attached hydrogen (secondary N) is 2. The Morgan fingerprint density at radius 2 is 2.27 bits per heavy atom. The summed E-state index contributed by atoms with van der Waals surface area (Å²) in [5, 5.41) is 5.22. The van der Waals surface area contributed by atoms with Crippen molar-refractivity contribution in [2.24, 2.45) is 0 Å². The Kier molecular flexibility index (Phi) is 5.65. The molecule has 0 saturated carbocycles. The lowest BCUT2D eigenvalue weighted by Gasteiger charge is -2.09. The third-order valence-electron chi connectivity index (χ3n) is 2.94. The first kappa shape index (κ1) is 16.2. The van der Waals surface area contributed by atoms with Gasteiger partial charge in [-0.05, 0) is 24.6 Å². The van der Waals surface area contributed by atoms with Gasteiger partial charge in [-0.2, -0.15) is 0 Å². The van der Waals surface area contributed by atoms with Crippen molar-refractivity contribution in [1.82, 2.24) is 14.9 Å². The fraction of sp³-hybridized carbons (Fsp3) is 0.286. The van der Waals surface area contributed by atoms with Gasteiger partial charge in [-0.25, -0.2) is 14.2 Å². The molecule has 22 heavy (non-hydrogen) atoms. The fourth-order valence-corrected chi connectivity index (χ4v) is 2.46. The number of rotatable bonds is 6. The molecule has 1 aromatic carbocycles. The third-order valence-corrected chi connectivity index (χ3v) is 3.89. The first-order chi connectivity index (χ1) is 10.6. The quantitative estimate of drug-likeness (QED) is 0.798. The second kappa shape index (κ2) is 7.69. The van der Waals surface area contributed by atoms with Crippen molar-refractivity contribution in [2.45, 2.75) is 17.9 Å². The van der Waals surface area contributed by atoms with Crippen LogP contribution in [0.1, 0.15) is 6.42 Å². The van der Waals surface area contributed by atoms with Crippen molar-refractivity contribution in [3.05, 3.63) is 42.7 Å². The number of imidazole rings is 1. The van der Waals surface area contributed by atoms with Crippen molar-refractivity contribution in [2.75, 3.05) is 18.1 Å². The van der Waals surface area contributed by atoms with Gasteiger partial charge in [0, 0.05) is 37.4 Å². The summed E-state index contributed by atoms with van der Waals surface area (Å²) in [5.74, 6) is -0.598. The molecule has 0 radical (unpaired) electrons. The van der Waals surface area contributed by atoms with Crippen LogP contribution in [0.3, 0.4) is 0 Å². The second-order valence-electron chi connectivity index (χ2n) is 4.63. The Morgan fingerprint density at radius 3 is 2.91 bits per heavy atom. The number of anilines is 1. The molecule has 1 atom stereocenters. The number of hydrogen-bond donors (Lipinski definition) is 2. The smallest absolute Gasteiger partial charge is 0.319 e. The lowest BCUT2D eigenvalue weighted by molar-refractivity contribution is 0.252. The lowest BCUT2D eigenvalue weighted by Crippen LogP contribution is -2.30. The predicted octanol–water partition coefficient (Wildman–Crippen LogP) is 1.97. The van der Waals surface area contributed by atoms with Gasteiger partial charge in [-0.1, -0.05) is 0 Å². The summed E-state index contributed by atoms with van der Waals surface area (Å²) < 4.78 is 26.8. The Balaban J connectivity index is 1.77. The molecule has 6 nitrogen and oxygen atoms in total. The monoisotopic (exact) mass is 324 g/mol. The van der Waals surface area contributed by atoms with Crippen molar-refractivity contribution in [1.29, 1.82) is 0 Å². The molecule has 118 valence electrons. The summed E-state index contributed by atoms with van der Waals surface area (Å²) in [6.45, 7) is 1.25. The molecular weight excluding hydrogens is 307 g/mol. The van der Waals surface area contributed by atoms with E-state index in [2.05, 4.69) is 15.6 Å². The number of carbonyl (C=O) groups is 1. The fourth-order valence-electron chi connectivity index (χ4n) is 1.87. The maximum atomic E-state index is 13.6. The van der Waals surface area contributed by atoms with Gasteiger partial charge in [0.1, 0.15) is 5.82 Å². The minimum atomic E-state index is -1.39. The number of carbonyl (C=O) groups excluding carboxylic acids is 1. The number of halogens is 1. The molecule has 0 aliphatic carbocycles. The molecule has 0 bridgehead atoms. The zero-order valence-electron chi connectivity index (χ0n) is 12.1. The molecule has 0 saturated heterocycles. The Labute approximate surface area is 130 Å². The van der Waals surface area contributed by atoms with Crippen LogP contribution in [0.25, 0.3) is 0 Å². The van der Waals surface area contributed by atoms with Gasteiger partial charge in [0.05, 0.1) is 22.0 Å². The minimum Gasteiger partial charge on any atom is -0.338 e. The van der Waals surface area contributed by atoms with Gasteiger partial charge in [-0.15, -0.1) is 0 Å². The summed E-state index contributed by atoms with van der Waals surface area (Å²) >= 11 is 0. The van der Waals surface area contributed by atoms with Gasteiger partial charge in [0.15, 0.2) is 0 Å². The highest BCUT2D eigenvalue weighted by molar-refractivity contribution is 7.84. The van der Waals surface area contributed by atoms with Crippen molar-refractivity contribution in [3.8, 4) is 0 Å². The summed E-state index contributed by atoms with van der Waals surface area (Å²) in [7, 11) is -1.39. The third kappa shape index (κ3) is 4.66. The minimum absolute atomic E-state index is 0.117. The Morgan fingerprint density at radius 1 is 1.45 bits per heavy atom. The SMILES string of the molecule is CS(=O)c1ccc(NC(=O)NCCCn2ccnc2)cc1F. The number of aryl methyl sites for hydroxylation is 1. The molecule has 1 unspecified atom stereocenters. The van der Waals surface area contributed by atoms with Crippen molar-refractivity contribution in [3.63, 3.8) is 0 Å². The van der Waals surface area contributed by atoms with E-state index >= 15 is 0 Å². The highest BCUT2D eigenvalue weighted by Crippen LogP contribution is 2.16.